The maximum absolute atomic E-state index is 11.3. The fraction of sp³-hybridized carbons (Fsp3) is 0.167. The second kappa shape index (κ2) is 7.74. The van der Waals surface area contributed by atoms with E-state index >= 15 is 0 Å². The van der Waals surface area contributed by atoms with Gasteiger partial charge in [0.2, 0.25) is 5.17 Å². The third-order valence-corrected chi connectivity index (χ3v) is 2.34. The molecule has 1 rings (SSSR count). The molecule has 1 N–H and O–H groups in total. The SMILES string of the molecule is C=CCCOC(=O)C(Cl)=NNc1ccc(Cl)cc1. The summed E-state index contributed by atoms with van der Waals surface area (Å²) >= 11 is 11.4. The van der Waals surface area contributed by atoms with Gasteiger partial charge in [-0.05, 0) is 30.7 Å². The van der Waals surface area contributed by atoms with Gasteiger partial charge in [0, 0.05) is 5.02 Å². The van der Waals surface area contributed by atoms with Gasteiger partial charge < -0.3 is 4.74 Å². The molecule has 0 bridgehead atoms. The molecule has 0 heterocycles. The Morgan fingerprint density at radius 1 is 1.44 bits per heavy atom. The molecule has 0 atom stereocenters. The van der Waals surface area contributed by atoms with Crippen molar-refractivity contribution in [1.29, 1.82) is 0 Å². The Labute approximate surface area is 115 Å². The summed E-state index contributed by atoms with van der Waals surface area (Å²) in [5.74, 6) is -0.681. The zero-order valence-corrected chi connectivity index (χ0v) is 11.0. The molecule has 1 aromatic carbocycles. The van der Waals surface area contributed by atoms with Gasteiger partial charge in [-0.15, -0.1) is 6.58 Å². The van der Waals surface area contributed by atoms with Crippen LogP contribution in [0.1, 0.15) is 6.42 Å². The van der Waals surface area contributed by atoms with Crippen LogP contribution < -0.4 is 5.43 Å². The molecule has 0 spiro atoms. The largest absolute Gasteiger partial charge is 0.460 e. The van der Waals surface area contributed by atoms with Crippen molar-refractivity contribution in [2.24, 2.45) is 5.10 Å². The number of halogens is 2. The number of hydrazone groups is 1. The van der Waals surface area contributed by atoms with Crippen molar-refractivity contribution in [3.63, 3.8) is 0 Å². The number of anilines is 1. The third kappa shape index (κ3) is 5.21. The van der Waals surface area contributed by atoms with Crippen LogP contribution in [0.15, 0.2) is 42.0 Å². The van der Waals surface area contributed by atoms with Gasteiger partial charge in [-0.3, -0.25) is 5.43 Å². The lowest BCUT2D eigenvalue weighted by Crippen LogP contribution is -2.14. The van der Waals surface area contributed by atoms with Gasteiger partial charge >= 0.3 is 5.97 Å². The number of rotatable bonds is 6. The number of carbonyl (C=O) groups is 1. The maximum atomic E-state index is 11.3. The van der Waals surface area contributed by atoms with Crippen LogP contribution >= 0.6 is 23.2 Å². The summed E-state index contributed by atoms with van der Waals surface area (Å²) in [6.45, 7) is 3.74. The average molecular weight is 287 g/mol. The predicted octanol–water partition coefficient (Wildman–Crippen LogP) is 3.42. The van der Waals surface area contributed by atoms with Crippen molar-refractivity contribution in [2.75, 3.05) is 12.0 Å². The molecule has 0 saturated heterocycles. The number of carbonyl (C=O) groups excluding carboxylic acids is 1. The number of benzene rings is 1. The van der Waals surface area contributed by atoms with Crippen LogP contribution in [-0.2, 0) is 9.53 Å². The number of hydrogen-bond acceptors (Lipinski definition) is 4. The summed E-state index contributed by atoms with van der Waals surface area (Å²) in [6.07, 6.45) is 2.21. The zero-order chi connectivity index (χ0) is 13.4. The van der Waals surface area contributed by atoms with E-state index in [9.17, 15) is 4.79 Å². The van der Waals surface area contributed by atoms with Gasteiger partial charge in [-0.25, -0.2) is 4.79 Å². The summed E-state index contributed by atoms with van der Waals surface area (Å²) in [7, 11) is 0. The fourth-order valence-electron chi connectivity index (χ4n) is 0.978. The minimum atomic E-state index is -0.681. The van der Waals surface area contributed by atoms with E-state index in [1.54, 1.807) is 30.3 Å². The van der Waals surface area contributed by atoms with Gasteiger partial charge in [0.05, 0.1) is 12.3 Å². The Bertz CT molecular complexity index is 444. The molecule has 0 amide bonds. The van der Waals surface area contributed by atoms with Crippen LogP contribution in [0.5, 0.6) is 0 Å². The molecule has 0 radical (unpaired) electrons. The predicted molar refractivity (Wildman–Crippen MR) is 74.1 cm³/mol. The fourth-order valence-corrected chi connectivity index (χ4v) is 1.20. The Kier molecular flexibility index (Phi) is 6.25. The second-order valence-electron chi connectivity index (χ2n) is 3.23. The van der Waals surface area contributed by atoms with Gasteiger partial charge in [-0.2, -0.15) is 5.10 Å². The molecule has 96 valence electrons. The summed E-state index contributed by atoms with van der Waals surface area (Å²) in [5.41, 5.74) is 3.28. The van der Waals surface area contributed by atoms with Gasteiger partial charge in [0.15, 0.2) is 0 Å². The molecule has 0 fully saturated rings. The van der Waals surface area contributed by atoms with E-state index in [2.05, 4.69) is 17.1 Å². The Morgan fingerprint density at radius 2 is 2.11 bits per heavy atom. The van der Waals surface area contributed by atoms with E-state index in [1.165, 1.54) is 0 Å². The molecule has 0 aromatic heterocycles. The van der Waals surface area contributed by atoms with Crippen molar-refractivity contribution < 1.29 is 9.53 Å². The van der Waals surface area contributed by atoms with Crippen LogP contribution in [0.2, 0.25) is 5.02 Å². The highest BCUT2D eigenvalue weighted by atomic mass is 35.5. The lowest BCUT2D eigenvalue weighted by molar-refractivity contribution is -0.135. The van der Waals surface area contributed by atoms with Gasteiger partial charge in [0.25, 0.3) is 0 Å². The number of nitrogens with zero attached hydrogens (tertiary/aromatic N) is 1. The van der Waals surface area contributed by atoms with Crippen molar-refractivity contribution in [3.05, 3.63) is 41.9 Å². The first kappa shape index (κ1) is 14.5. The standard InChI is InChI=1S/C12H12Cl2N2O2/c1-2-3-8-18-12(17)11(14)16-15-10-6-4-9(13)5-7-10/h2,4-7,15H,1,3,8H2. The third-order valence-electron chi connectivity index (χ3n) is 1.85. The minimum Gasteiger partial charge on any atom is -0.460 e. The van der Waals surface area contributed by atoms with Crippen molar-refractivity contribution in [1.82, 2.24) is 0 Å². The Morgan fingerprint density at radius 3 is 2.72 bits per heavy atom. The molecule has 0 saturated carbocycles. The maximum Gasteiger partial charge on any atom is 0.370 e. The van der Waals surface area contributed by atoms with E-state index in [-0.39, 0.29) is 11.8 Å². The quantitative estimate of drug-likeness (QED) is 0.287. The van der Waals surface area contributed by atoms with Gasteiger partial charge in [0.1, 0.15) is 0 Å². The highest BCUT2D eigenvalue weighted by Crippen LogP contribution is 2.13. The Hall–Kier alpha value is -1.52. The topological polar surface area (TPSA) is 50.7 Å². The van der Waals surface area contributed by atoms with E-state index in [4.69, 9.17) is 27.9 Å². The molecule has 0 aliphatic carbocycles. The first-order chi connectivity index (χ1) is 8.63. The number of nitrogens with one attached hydrogen (secondary N) is 1. The molecule has 18 heavy (non-hydrogen) atoms. The minimum absolute atomic E-state index is 0.231. The molecular weight excluding hydrogens is 275 g/mol. The first-order valence-electron chi connectivity index (χ1n) is 5.16. The molecule has 0 aliphatic rings. The van der Waals surface area contributed by atoms with Crippen LogP contribution in [0.4, 0.5) is 5.69 Å². The van der Waals surface area contributed by atoms with E-state index in [0.29, 0.717) is 17.1 Å². The summed E-state index contributed by atoms with van der Waals surface area (Å²) in [4.78, 5) is 11.3. The average Bonchev–Trinajstić information content (AvgIpc) is 2.38. The summed E-state index contributed by atoms with van der Waals surface area (Å²) in [6, 6.07) is 6.80. The smallest absolute Gasteiger partial charge is 0.370 e. The number of hydrogen-bond donors (Lipinski definition) is 1. The molecule has 1 aromatic rings. The van der Waals surface area contributed by atoms with Crippen LogP contribution in [-0.4, -0.2) is 17.7 Å². The monoisotopic (exact) mass is 286 g/mol. The van der Waals surface area contributed by atoms with Crippen molar-refractivity contribution in [2.45, 2.75) is 6.42 Å². The number of esters is 1. The van der Waals surface area contributed by atoms with Crippen LogP contribution in [0.25, 0.3) is 0 Å². The number of ether oxygens (including phenoxy) is 1. The molecule has 0 aliphatic heterocycles. The van der Waals surface area contributed by atoms with Crippen LogP contribution in [0, 0.1) is 0 Å². The van der Waals surface area contributed by atoms with E-state index in [1.807, 2.05) is 0 Å². The summed E-state index contributed by atoms with van der Waals surface area (Å²) in [5, 5.41) is 4.03. The molecule has 6 heteroatoms. The van der Waals surface area contributed by atoms with Crippen molar-refractivity contribution in [3.8, 4) is 0 Å². The summed E-state index contributed by atoms with van der Waals surface area (Å²) < 4.78 is 4.82. The van der Waals surface area contributed by atoms with E-state index < -0.39 is 5.97 Å². The highest BCUT2D eigenvalue weighted by molar-refractivity contribution is 6.82. The lowest BCUT2D eigenvalue weighted by atomic mass is 10.3. The van der Waals surface area contributed by atoms with Crippen LogP contribution in [0.3, 0.4) is 0 Å². The molecule has 0 unspecified atom stereocenters. The second-order valence-corrected chi connectivity index (χ2v) is 4.03. The van der Waals surface area contributed by atoms with Gasteiger partial charge in [-0.1, -0.05) is 29.3 Å². The molecular formula is C12H12Cl2N2O2. The highest BCUT2D eigenvalue weighted by Gasteiger charge is 2.09. The lowest BCUT2D eigenvalue weighted by Gasteiger charge is -2.02. The first-order valence-corrected chi connectivity index (χ1v) is 5.92. The Balaban J connectivity index is 2.47. The van der Waals surface area contributed by atoms with E-state index in [0.717, 1.165) is 0 Å². The normalized spacial score (nSPS) is 10.9. The van der Waals surface area contributed by atoms with Crippen molar-refractivity contribution >= 4 is 40.0 Å². The zero-order valence-electron chi connectivity index (χ0n) is 9.53. The molecule has 4 nitrogen and oxygen atoms in total.